The Kier molecular flexibility index (Phi) is 3.71. The Labute approximate surface area is 124 Å². The Morgan fingerprint density at radius 3 is 2.48 bits per heavy atom. The molecule has 0 aromatic heterocycles. The number of benzene rings is 2. The molecule has 0 spiro atoms. The molecule has 0 fully saturated rings. The van der Waals surface area contributed by atoms with Crippen LogP contribution in [0.4, 0.5) is 0 Å². The molecule has 1 aliphatic rings. The van der Waals surface area contributed by atoms with E-state index >= 15 is 0 Å². The molecule has 21 heavy (non-hydrogen) atoms. The van der Waals surface area contributed by atoms with E-state index in [9.17, 15) is 0 Å². The van der Waals surface area contributed by atoms with Gasteiger partial charge in [-0.15, -0.1) is 0 Å². The van der Waals surface area contributed by atoms with Crippen molar-refractivity contribution in [2.24, 2.45) is 0 Å². The molecule has 0 radical (unpaired) electrons. The van der Waals surface area contributed by atoms with Gasteiger partial charge in [-0.2, -0.15) is 0 Å². The first-order valence-corrected chi connectivity index (χ1v) is 6.77. The van der Waals surface area contributed by atoms with Crippen molar-refractivity contribution in [1.82, 2.24) is 0 Å². The lowest BCUT2D eigenvalue weighted by Gasteiger charge is -2.18. The summed E-state index contributed by atoms with van der Waals surface area (Å²) in [7, 11) is 4.98. The fourth-order valence-electron chi connectivity index (χ4n) is 2.74. The van der Waals surface area contributed by atoms with Crippen molar-refractivity contribution in [3.63, 3.8) is 0 Å². The largest absolute Gasteiger partial charge is 0.497 e. The van der Waals surface area contributed by atoms with E-state index in [4.69, 9.17) is 18.9 Å². The van der Waals surface area contributed by atoms with Crippen molar-refractivity contribution in [3.05, 3.63) is 53.1 Å². The molecule has 0 amide bonds. The Bertz CT molecular complexity index is 651. The van der Waals surface area contributed by atoms with E-state index in [0.29, 0.717) is 6.61 Å². The average molecular weight is 286 g/mol. The van der Waals surface area contributed by atoms with Crippen LogP contribution in [0.1, 0.15) is 22.8 Å². The van der Waals surface area contributed by atoms with Gasteiger partial charge in [0.05, 0.1) is 27.9 Å². The van der Waals surface area contributed by atoms with Crippen LogP contribution in [0.2, 0.25) is 0 Å². The predicted octanol–water partition coefficient (Wildman–Crippen LogP) is 3.33. The highest BCUT2D eigenvalue weighted by Gasteiger charge is 2.30. The van der Waals surface area contributed by atoms with Crippen molar-refractivity contribution in [2.45, 2.75) is 12.7 Å². The number of rotatable bonds is 4. The van der Waals surface area contributed by atoms with Crippen LogP contribution in [0.3, 0.4) is 0 Å². The van der Waals surface area contributed by atoms with Gasteiger partial charge in [-0.05, 0) is 29.8 Å². The van der Waals surface area contributed by atoms with Crippen molar-refractivity contribution in [1.29, 1.82) is 0 Å². The molecule has 3 rings (SSSR count). The molecule has 1 aliphatic heterocycles. The molecular formula is C17H18O4. The molecule has 110 valence electrons. The molecular weight excluding hydrogens is 268 g/mol. The highest BCUT2D eigenvalue weighted by molar-refractivity contribution is 5.52. The zero-order valence-corrected chi connectivity index (χ0v) is 12.4. The summed E-state index contributed by atoms with van der Waals surface area (Å²) < 4.78 is 22.3. The lowest BCUT2D eigenvalue weighted by atomic mass is 9.97. The third-order valence-electron chi connectivity index (χ3n) is 3.76. The fraction of sp³-hybridized carbons (Fsp3) is 0.294. The molecule has 1 unspecified atom stereocenters. The SMILES string of the molecule is COc1ccc(OC)c(C2OCc3cccc(OC)c32)c1. The van der Waals surface area contributed by atoms with E-state index in [2.05, 4.69) is 6.07 Å². The summed E-state index contributed by atoms with van der Waals surface area (Å²) in [5.41, 5.74) is 3.15. The molecule has 1 atom stereocenters. The maximum Gasteiger partial charge on any atom is 0.125 e. The quantitative estimate of drug-likeness (QED) is 0.864. The van der Waals surface area contributed by atoms with E-state index in [0.717, 1.165) is 33.9 Å². The first kappa shape index (κ1) is 13.8. The summed E-state index contributed by atoms with van der Waals surface area (Å²) in [5, 5.41) is 0. The fourth-order valence-corrected chi connectivity index (χ4v) is 2.74. The van der Waals surface area contributed by atoms with Crippen LogP contribution in [-0.4, -0.2) is 21.3 Å². The molecule has 4 heteroatoms. The number of fused-ring (bicyclic) bond motifs is 1. The molecule has 2 aromatic carbocycles. The number of ether oxygens (including phenoxy) is 4. The van der Waals surface area contributed by atoms with Crippen molar-refractivity contribution < 1.29 is 18.9 Å². The van der Waals surface area contributed by atoms with Crippen LogP contribution in [0, 0.1) is 0 Å². The number of hydrogen-bond donors (Lipinski definition) is 0. The Morgan fingerprint density at radius 2 is 1.76 bits per heavy atom. The van der Waals surface area contributed by atoms with Gasteiger partial charge in [0.1, 0.15) is 23.4 Å². The summed E-state index contributed by atoms with van der Waals surface area (Å²) in [4.78, 5) is 0. The third kappa shape index (κ3) is 2.32. The zero-order chi connectivity index (χ0) is 14.8. The lowest BCUT2D eigenvalue weighted by Crippen LogP contribution is -2.04. The second-order valence-electron chi connectivity index (χ2n) is 4.83. The lowest BCUT2D eigenvalue weighted by molar-refractivity contribution is 0.0908. The van der Waals surface area contributed by atoms with E-state index < -0.39 is 0 Å². The number of methoxy groups -OCH3 is 3. The molecule has 0 saturated carbocycles. The second-order valence-corrected chi connectivity index (χ2v) is 4.83. The summed E-state index contributed by atoms with van der Waals surface area (Å²) in [6.45, 7) is 0.567. The van der Waals surface area contributed by atoms with Gasteiger partial charge in [-0.3, -0.25) is 0 Å². The second kappa shape index (κ2) is 5.66. The summed E-state index contributed by atoms with van der Waals surface area (Å²) in [6.07, 6.45) is -0.207. The van der Waals surface area contributed by atoms with Crippen molar-refractivity contribution >= 4 is 0 Å². The standard InChI is InChI=1S/C17H18O4/c1-18-12-7-8-14(19-2)13(9-12)17-16-11(10-21-17)5-4-6-15(16)20-3/h4-9,17H,10H2,1-3H3. The third-order valence-corrected chi connectivity index (χ3v) is 3.76. The van der Waals surface area contributed by atoms with Gasteiger partial charge in [0.25, 0.3) is 0 Å². The highest BCUT2D eigenvalue weighted by Crippen LogP contribution is 2.44. The van der Waals surface area contributed by atoms with Crippen LogP contribution in [-0.2, 0) is 11.3 Å². The molecule has 0 saturated heterocycles. The minimum Gasteiger partial charge on any atom is -0.497 e. The van der Waals surface area contributed by atoms with Crippen molar-refractivity contribution in [2.75, 3.05) is 21.3 Å². The average Bonchev–Trinajstić information content (AvgIpc) is 2.98. The Morgan fingerprint density at radius 1 is 0.952 bits per heavy atom. The van der Waals surface area contributed by atoms with E-state index in [1.54, 1.807) is 21.3 Å². The minimum atomic E-state index is -0.207. The summed E-state index contributed by atoms with van der Waals surface area (Å²) >= 11 is 0. The van der Waals surface area contributed by atoms with Gasteiger partial charge in [-0.1, -0.05) is 12.1 Å². The first-order chi connectivity index (χ1) is 10.3. The van der Waals surface area contributed by atoms with Gasteiger partial charge in [0.2, 0.25) is 0 Å². The minimum absolute atomic E-state index is 0.207. The highest BCUT2D eigenvalue weighted by atomic mass is 16.5. The smallest absolute Gasteiger partial charge is 0.125 e. The number of hydrogen-bond acceptors (Lipinski definition) is 4. The van der Waals surface area contributed by atoms with Gasteiger partial charge >= 0.3 is 0 Å². The monoisotopic (exact) mass is 286 g/mol. The van der Waals surface area contributed by atoms with Gasteiger partial charge in [-0.25, -0.2) is 0 Å². The first-order valence-electron chi connectivity index (χ1n) is 6.77. The van der Waals surface area contributed by atoms with E-state index in [1.807, 2.05) is 30.3 Å². The Hall–Kier alpha value is -2.20. The molecule has 2 aromatic rings. The van der Waals surface area contributed by atoms with Crippen LogP contribution in [0.25, 0.3) is 0 Å². The zero-order valence-electron chi connectivity index (χ0n) is 12.4. The van der Waals surface area contributed by atoms with Gasteiger partial charge < -0.3 is 18.9 Å². The van der Waals surface area contributed by atoms with Crippen LogP contribution < -0.4 is 14.2 Å². The van der Waals surface area contributed by atoms with Crippen LogP contribution >= 0.6 is 0 Å². The summed E-state index contributed by atoms with van der Waals surface area (Å²) in [5.74, 6) is 2.39. The summed E-state index contributed by atoms with van der Waals surface area (Å²) in [6, 6.07) is 11.7. The molecule has 0 N–H and O–H groups in total. The predicted molar refractivity (Wildman–Crippen MR) is 79.2 cm³/mol. The topological polar surface area (TPSA) is 36.9 Å². The maximum atomic E-state index is 5.98. The van der Waals surface area contributed by atoms with Crippen LogP contribution in [0.5, 0.6) is 17.2 Å². The molecule has 1 heterocycles. The van der Waals surface area contributed by atoms with Gasteiger partial charge in [0.15, 0.2) is 0 Å². The molecule has 0 bridgehead atoms. The Balaban J connectivity index is 2.12. The molecule has 4 nitrogen and oxygen atoms in total. The van der Waals surface area contributed by atoms with E-state index in [1.165, 1.54) is 0 Å². The van der Waals surface area contributed by atoms with E-state index in [-0.39, 0.29) is 6.10 Å². The van der Waals surface area contributed by atoms with Gasteiger partial charge in [0, 0.05) is 11.1 Å². The van der Waals surface area contributed by atoms with Crippen molar-refractivity contribution in [3.8, 4) is 17.2 Å². The normalized spacial score (nSPS) is 16.4. The maximum absolute atomic E-state index is 5.98. The molecule has 0 aliphatic carbocycles. The van der Waals surface area contributed by atoms with Crippen LogP contribution in [0.15, 0.2) is 36.4 Å².